The van der Waals surface area contributed by atoms with Crippen molar-refractivity contribution >= 4 is 10.0 Å². The third kappa shape index (κ3) is 3.17. The second kappa shape index (κ2) is 6.90. The van der Waals surface area contributed by atoms with Crippen molar-refractivity contribution in [1.82, 2.24) is 28.4 Å². The Labute approximate surface area is 158 Å². The number of pyridine rings is 1. The molecule has 4 heterocycles. The lowest BCUT2D eigenvalue weighted by Crippen LogP contribution is -2.31. The van der Waals surface area contributed by atoms with Crippen LogP contribution in [-0.4, -0.2) is 43.4 Å². The van der Waals surface area contributed by atoms with E-state index in [2.05, 4.69) is 9.97 Å². The summed E-state index contributed by atoms with van der Waals surface area (Å²) in [4.78, 5) is 13.1. The minimum atomic E-state index is -3.65. The predicted molar refractivity (Wildman–Crippen MR) is 99.8 cm³/mol. The fourth-order valence-corrected chi connectivity index (χ4v) is 5.17. The summed E-state index contributed by atoms with van der Waals surface area (Å²) in [6.07, 6.45) is 9.00. The molecule has 3 aromatic heterocycles. The van der Waals surface area contributed by atoms with Gasteiger partial charge in [-0.1, -0.05) is 13.0 Å². The third-order valence-electron chi connectivity index (χ3n) is 4.84. The molecule has 142 valence electrons. The number of hydrogen-bond donors (Lipinski definition) is 0. The largest absolute Gasteiger partial charge is 0.339 e. The lowest BCUT2D eigenvalue weighted by molar-refractivity contribution is 0.388. The van der Waals surface area contributed by atoms with Crippen LogP contribution in [0.5, 0.6) is 0 Å². The van der Waals surface area contributed by atoms with E-state index in [1.54, 1.807) is 17.8 Å². The third-order valence-corrected chi connectivity index (χ3v) is 6.63. The summed E-state index contributed by atoms with van der Waals surface area (Å²) in [6, 6.07) is 5.44. The average Bonchev–Trinajstić information content (AvgIpc) is 3.41. The predicted octanol–water partition coefficient (Wildman–Crippen LogP) is 2.09. The summed E-state index contributed by atoms with van der Waals surface area (Å²) in [5, 5.41) is 0.0796. The summed E-state index contributed by atoms with van der Waals surface area (Å²) in [7, 11) is -1.89. The zero-order valence-corrected chi connectivity index (χ0v) is 16.2. The number of nitrogens with zero attached hydrogens (tertiary/aromatic N) is 6. The second-order valence-corrected chi connectivity index (χ2v) is 8.48. The molecule has 0 bridgehead atoms. The molecule has 9 heteroatoms. The van der Waals surface area contributed by atoms with Crippen LogP contribution in [0.25, 0.3) is 5.82 Å². The highest BCUT2D eigenvalue weighted by atomic mass is 32.2. The first kappa shape index (κ1) is 17.9. The van der Waals surface area contributed by atoms with E-state index < -0.39 is 10.0 Å². The Hall–Kier alpha value is -2.52. The molecule has 27 heavy (non-hydrogen) atoms. The standard InChI is InChI=1S/C18H22N6O2S/c1-3-16-19-9-11-23(16)17-8-4-6-14(21-17)15-7-5-10-24(15)27(25,26)18-12-22(2)13-20-18/h4,6,8-9,11-13,15H,3,5,7,10H2,1-2H3. The van der Waals surface area contributed by atoms with Crippen LogP contribution in [0.4, 0.5) is 0 Å². The lowest BCUT2D eigenvalue weighted by atomic mass is 10.1. The molecule has 0 amide bonds. The summed E-state index contributed by atoms with van der Waals surface area (Å²) < 4.78 is 31.2. The van der Waals surface area contributed by atoms with Crippen LogP contribution < -0.4 is 0 Å². The maximum atomic E-state index is 13.1. The molecule has 1 fully saturated rings. The molecular weight excluding hydrogens is 364 g/mol. The van der Waals surface area contributed by atoms with Gasteiger partial charge in [0.25, 0.3) is 10.0 Å². The van der Waals surface area contributed by atoms with E-state index in [1.807, 2.05) is 35.9 Å². The quantitative estimate of drug-likeness (QED) is 0.670. The Morgan fingerprint density at radius 2 is 2.11 bits per heavy atom. The van der Waals surface area contributed by atoms with Crippen molar-refractivity contribution in [3.8, 4) is 5.82 Å². The number of aryl methyl sites for hydroxylation is 2. The fourth-order valence-electron chi connectivity index (χ4n) is 3.53. The molecule has 1 unspecified atom stereocenters. The van der Waals surface area contributed by atoms with Gasteiger partial charge in [0.1, 0.15) is 11.6 Å². The van der Waals surface area contributed by atoms with Gasteiger partial charge in [0, 0.05) is 38.6 Å². The summed E-state index contributed by atoms with van der Waals surface area (Å²) >= 11 is 0. The van der Waals surface area contributed by atoms with Crippen LogP contribution in [-0.2, 0) is 23.5 Å². The molecular formula is C18H22N6O2S. The Kier molecular flexibility index (Phi) is 4.56. The SMILES string of the molecule is CCc1nccn1-c1cccc(C2CCCN2S(=O)(=O)c2cn(C)cn2)n1. The van der Waals surface area contributed by atoms with Gasteiger partial charge in [-0.25, -0.2) is 23.4 Å². The summed E-state index contributed by atoms with van der Waals surface area (Å²) in [5.41, 5.74) is 0.750. The molecule has 0 aromatic carbocycles. The average molecular weight is 386 g/mol. The number of hydrogen-bond acceptors (Lipinski definition) is 5. The zero-order chi connectivity index (χ0) is 19.0. The summed E-state index contributed by atoms with van der Waals surface area (Å²) in [5.74, 6) is 1.67. The van der Waals surface area contributed by atoms with E-state index >= 15 is 0 Å². The van der Waals surface area contributed by atoms with E-state index in [0.717, 1.165) is 36.6 Å². The minimum Gasteiger partial charge on any atom is -0.339 e. The summed E-state index contributed by atoms with van der Waals surface area (Å²) in [6.45, 7) is 2.52. The van der Waals surface area contributed by atoms with Crippen molar-refractivity contribution in [2.24, 2.45) is 7.05 Å². The molecule has 0 aliphatic carbocycles. The second-order valence-electron chi connectivity index (χ2n) is 6.64. The van der Waals surface area contributed by atoms with Gasteiger partial charge in [0.05, 0.1) is 18.1 Å². The van der Waals surface area contributed by atoms with Crippen LogP contribution in [0.3, 0.4) is 0 Å². The van der Waals surface area contributed by atoms with E-state index in [4.69, 9.17) is 4.98 Å². The molecule has 1 atom stereocenters. The normalized spacial score (nSPS) is 18.2. The van der Waals surface area contributed by atoms with Gasteiger partial charge in [-0.2, -0.15) is 4.31 Å². The van der Waals surface area contributed by atoms with Crippen molar-refractivity contribution in [2.75, 3.05) is 6.54 Å². The van der Waals surface area contributed by atoms with Gasteiger partial charge < -0.3 is 4.57 Å². The Morgan fingerprint density at radius 1 is 1.26 bits per heavy atom. The van der Waals surface area contributed by atoms with Crippen molar-refractivity contribution in [2.45, 2.75) is 37.3 Å². The van der Waals surface area contributed by atoms with E-state index in [0.29, 0.717) is 6.54 Å². The molecule has 0 N–H and O–H groups in total. The molecule has 4 rings (SSSR count). The molecule has 0 saturated carbocycles. The molecule has 3 aromatic rings. The van der Waals surface area contributed by atoms with Gasteiger partial charge in [-0.15, -0.1) is 0 Å². The number of sulfonamides is 1. The molecule has 1 saturated heterocycles. The highest BCUT2D eigenvalue weighted by molar-refractivity contribution is 7.89. The van der Waals surface area contributed by atoms with E-state index in [1.165, 1.54) is 16.8 Å². The van der Waals surface area contributed by atoms with Crippen molar-refractivity contribution in [1.29, 1.82) is 0 Å². The van der Waals surface area contributed by atoms with Gasteiger partial charge in [-0.3, -0.25) is 4.57 Å². The maximum absolute atomic E-state index is 13.1. The highest BCUT2D eigenvalue weighted by Crippen LogP contribution is 2.35. The fraction of sp³-hybridized carbons (Fsp3) is 0.389. The first-order valence-corrected chi connectivity index (χ1v) is 10.4. The van der Waals surface area contributed by atoms with Crippen LogP contribution in [0.15, 0.2) is 48.1 Å². The maximum Gasteiger partial charge on any atom is 0.262 e. The lowest BCUT2D eigenvalue weighted by Gasteiger charge is -2.23. The molecule has 0 spiro atoms. The van der Waals surface area contributed by atoms with Crippen LogP contribution >= 0.6 is 0 Å². The van der Waals surface area contributed by atoms with Gasteiger partial charge in [0.2, 0.25) is 0 Å². The minimum absolute atomic E-state index is 0.0796. The van der Waals surface area contributed by atoms with Crippen LogP contribution in [0.1, 0.15) is 37.3 Å². The van der Waals surface area contributed by atoms with Gasteiger partial charge >= 0.3 is 0 Å². The first-order chi connectivity index (χ1) is 13.0. The molecule has 1 aliphatic heterocycles. The zero-order valence-electron chi connectivity index (χ0n) is 15.4. The monoisotopic (exact) mass is 386 g/mol. The van der Waals surface area contributed by atoms with Crippen LogP contribution in [0, 0.1) is 0 Å². The Bertz CT molecular complexity index is 1060. The molecule has 1 aliphatic rings. The number of imidazole rings is 2. The van der Waals surface area contributed by atoms with Crippen molar-refractivity contribution in [3.63, 3.8) is 0 Å². The molecule has 0 radical (unpaired) electrons. The topological polar surface area (TPSA) is 85.9 Å². The van der Waals surface area contributed by atoms with Crippen LogP contribution in [0.2, 0.25) is 0 Å². The number of rotatable bonds is 5. The smallest absolute Gasteiger partial charge is 0.262 e. The highest BCUT2D eigenvalue weighted by Gasteiger charge is 2.38. The van der Waals surface area contributed by atoms with E-state index in [-0.39, 0.29) is 11.1 Å². The number of aromatic nitrogens is 5. The van der Waals surface area contributed by atoms with Crippen molar-refractivity contribution < 1.29 is 8.42 Å². The molecule has 8 nitrogen and oxygen atoms in total. The Morgan fingerprint density at radius 3 is 2.85 bits per heavy atom. The first-order valence-electron chi connectivity index (χ1n) is 9.00. The van der Waals surface area contributed by atoms with E-state index in [9.17, 15) is 8.42 Å². The van der Waals surface area contributed by atoms with Crippen molar-refractivity contribution in [3.05, 3.63) is 54.6 Å². The van der Waals surface area contributed by atoms with Gasteiger partial charge in [0.15, 0.2) is 5.03 Å². The Balaban J connectivity index is 1.70. The van der Waals surface area contributed by atoms with Gasteiger partial charge in [-0.05, 0) is 25.0 Å².